The third-order valence-electron chi connectivity index (χ3n) is 7.25. The Morgan fingerprint density at radius 1 is 1.12 bits per heavy atom. The quantitative estimate of drug-likeness (QED) is 0.596. The summed E-state index contributed by atoms with van der Waals surface area (Å²) in [7, 11) is -1.58. The number of carbonyl (C=O) groups is 2. The van der Waals surface area contributed by atoms with Gasteiger partial charge in [0.25, 0.3) is 5.91 Å². The van der Waals surface area contributed by atoms with Gasteiger partial charge in [0.2, 0.25) is 15.9 Å². The minimum Gasteiger partial charge on any atom is -0.361 e. The van der Waals surface area contributed by atoms with Crippen LogP contribution in [0.2, 0.25) is 5.02 Å². The standard InChI is InChI=1S/C23H30ClN5O4S/c1-25-14-21-23(31)29(16-27(21)15-25)20-5-8-26(9-6-20)22(30)7-11-34(32,33)28-10-4-17-12-19(24)3-2-18(17)13-28/h2-3,12,14,20H,4-11,13,15-16H2,1H3. The lowest BCUT2D eigenvalue weighted by Gasteiger charge is -2.37. The molecule has 0 saturated carbocycles. The summed E-state index contributed by atoms with van der Waals surface area (Å²) < 4.78 is 27.3. The molecule has 34 heavy (non-hydrogen) atoms. The van der Waals surface area contributed by atoms with Crippen molar-refractivity contribution in [1.82, 2.24) is 23.9 Å². The van der Waals surface area contributed by atoms with Crippen LogP contribution in [0.4, 0.5) is 0 Å². The molecule has 0 unspecified atom stereocenters. The Kier molecular flexibility index (Phi) is 6.24. The molecule has 4 heterocycles. The molecule has 0 aromatic heterocycles. The van der Waals surface area contributed by atoms with Gasteiger partial charge in [0.1, 0.15) is 5.70 Å². The van der Waals surface area contributed by atoms with Gasteiger partial charge in [-0.1, -0.05) is 17.7 Å². The molecule has 1 aromatic rings. The van der Waals surface area contributed by atoms with Crippen LogP contribution in [0.3, 0.4) is 0 Å². The van der Waals surface area contributed by atoms with E-state index >= 15 is 0 Å². The molecule has 2 saturated heterocycles. The van der Waals surface area contributed by atoms with Gasteiger partial charge in [-0.3, -0.25) is 9.59 Å². The minimum atomic E-state index is -3.53. The summed E-state index contributed by atoms with van der Waals surface area (Å²) in [6.45, 7) is 3.13. The lowest BCUT2D eigenvalue weighted by molar-refractivity contribution is -0.133. The Balaban J connectivity index is 1.11. The maximum Gasteiger partial charge on any atom is 0.273 e. The van der Waals surface area contributed by atoms with Crippen LogP contribution in [-0.2, 0) is 32.6 Å². The van der Waals surface area contributed by atoms with Crippen LogP contribution < -0.4 is 0 Å². The van der Waals surface area contributed by atoms with Gasteiger partial charge >= 0.3 is 0 Å². The van der Waals surface area contributed by atoms with Crippen LogP contribution in [0.5, 0.6) is 0 Å². The smallest absolute Gasteiger partial charge is 0.273 e. The van der Waals surface area contributed by atoms with E-state index < -0.39 is 10.0 Å². The number of likely N-dealkylation sites (tertiary alicyclic amines) is 1. The summed E-state index contributed by atoms with van der Waals surface area (Å²) >= 11 is 6.04. The predicted octanol–water partition coefficient (Wildman–Crippen LogP) is 1.26. The summed E-state index contributed by atoms with van der Waals surface area (Å²) in [5.41, 5.74) is 2.79. The number of hydrogen-bond acceptors (Lipinski definition) is 6. The number of amides is 2. The number of piperidine rings is 1. The number of hydrogen-bond donors (Lipinski definition) is 0. The molecule has 11 heteroatoms. The summed E-state index contributed by atoms with van der Waals surface area (Å²) in [5, 5.41) is 0.656. The lowest BCUT2D eigenvalue weighted by Crippen LogP contribution is -2.48. The fraction of sp³-hybridized carbons (Fsp3) is 0.565. The third kappa shape index (κ3) is 4.50. The van der Waals surface area contributed by atoms with Crippen LogP contribution in [0.25, 0.3) is 0 Å². The fourth-order valence-corrected chi connectivity index (χ4v) is 6.92. The highest BCUT2D eigenvalue weighted by atomic mass is 35.5. The third-order valence-corrected chi connectivity index (χ3v) is 9.30. The minimum absolute atomic E-state index is 0.0212. The van der Waals surface area contributed by atoms with E-state index in [9.17, 15) is 18.0 Å². The van der Waals surface area contributed by atoms with E-state index in [1.165, 1.54) is 4.31 Å². The average molecular weight is 508 g/mol. The zero-order chi connectivity index (χ0) is 24.0. The molecule has 0 N–H and O–H groups in total. The van der Waals surface area contributed by atoms with Crippen molar-refractivity contribution in [3.63, 3.8) is 0 Å². The number of fused-ring (bicyclic) bond motifs is 2. The van der Waals surface area contributed by atoms with E-state index in [0.29, 0.717) is 57.1 Å². The van der Waals surface area contributed by atoms with E-state index in [2.05, 4.69) is 4.90 Å². The maximum atomic E-state index is 12.9. The summed E-state index contributed by atoms with van der Waals surface area (Å²) in [6.07, 6.45) is 3.92. The Morgan fingerprint density at radius 3 is 2.62 bits per heavy atom. The van der Waals surface area contributed by atoms with Gasteiger partial charge in [-0.2, -0.15) is 4.31 Å². The molecular formula is C23H30ClN5O4S. The van der Waals surface area contributed by atoms with E-state index in [4.69, 9.17) is 11.6 Å². The van der Waals surface area contributed by atoms with Gasteiger partial charge in [-0.25, -0.2) is 8.42 Å². The number of nitrogens with zero attached hydrogens (tertiary/aromatic N) is 5. The second kappa shape index (κ2) is 9.05. The second-order valence-corrected chi connectivity index (χ2v) is 12.1. The Labute approximate surface area is 205 Å². The number of rotatable bonds is 5. The van der Waals surface area contributed by atoms with Crippen molar-refractivity contribution in [2.75, 3.05) is 45.8 Å². The van der Waals surface area contributed by atoms with Crippen LogP contribution >= 0.6 is 11.6 Å². The van der Waals surface area contributed by atoms with Crippen LogP contribution in [0.1, 0.15) is 30.4 Å². The highest BCUT2D eigenvalue weighted by Crippen LogP contribution is 2.29. The van der Waals surface area contributed by atoms with Crippen molar-refractivity contribution in [3.05, 3.63) is 46.2 Å². The fourth-order valence-electron chi connectivity index (χ4n) is 5.33. The highest BCUT2D eigenvalue weighted by molar-refractivity contribution is 7.89. The zero-order valence-corrected chi connectivity index (χ0v) is 20.9. The number of benzene rings is 1. The summed E-state index contributed by atoms with van der Waals surface area (Å²) in [4.78, 5) is 33.2. The first-order chi connectivity index (χ1) is 16.2. The van der Waals surface area contributed by atoms with Crippen molar-refractivity contribution in [2.24, 2.45) is 0 Å². The average Bonchev–Trinajstić information content (AvgIpc) is 3.34. The van der Waals surface area contributed by atoms with Crippen molar-refractivity contribution in [2.45, 2.75) is 38.3 Å². The summed E-state index contributed by atoms with van der Waals surface area (Å²) in [5.74, 6) is -0.259. The van der Waals surface area contributed by atoms with E-state index in [1.807, 2.05) is 35.2 Å². The highest BCUT2D eigenvalue weighted by Gasteiger charge is 2.41. The Bertz CT molecular complexity index is 1130. The molecule has 0 radical (unpaired) electrons. The molecule has 184 valence electrons. The first kappa shape index (κ1) is 23.4. The number of halogens is 1. The largest absolute Gasteiger partial charge is 0.361 e. The van der Waals surface area contributed by atoms with Gasteiger partial charge < -0.3 is 19.6 Å². The second-order valence-electron chi connectivity index (χ2n) is 9.54. The van der Waals surface area contributed by atoms with Gasteiger partial charge in [0, 0.05) is 56.9 Å². The monoisotopic (exact) mass is 507 g/mol. The van der Waals surface area contributed by atoms with E-state index in [0.717, 1.165) is 23.5 Å². The molecule has 9 nitrogen and oxygen atoms in total. The molecular weight excluding hydrogens is 478 g/mol. The zero-order valence-electron chi connectivity index (χ0n) is 19.3. The SMILES string of the molecule is CN1C=C2C(=O)N(C3CCN(C(=O)CCS(=O)(=O)N4CCc5cc(Cl)ccc5C4)CC3)CN2C1. The molecule has 4 aliphatic heterocycles. The normalized spacial score (nSPS) is 21.7. The molecule has 0 aliphatic carbocycles. The van der Waals surface area contributed by atoms with Gasteiger partial charge in [-0.15, -0.1) is 0 Å². The molecule has 4 aliphatic rings. The molecule has 0 bridgehead atoms. The molecule has 2 amide bonds. The van der Waals surface area contributed by atoms with Gasteiger partial charge in [0.05, 0.1) is 19.1 Å². The summed E-state index contributed by atoms with van der Waals surface area (Å²) in [6, 6.07) is 5.65. The molecule has 5 rings (SSSR count). The van der Waals surface area contributed by atoms with Crippen molar-refractivity contribution in [3.8, 4) is 0 Å². The van der Waals surface area contributed by atoms with E-state index in [-0.39, 0.29) is 30.0 Å². The Hall–Kier alpha value is -2.30. The van der Waals surface area contributed by atoms with Crippen LogP contribution in [0.15, 0.2) is 30.1 Å². The van der Waals surface area contributed by atoms with Crippen molar-refractivity contribution in [1.29, 1.82) is 0 Å². The molecule has 2 fully saturated rings. The topological polar surface area (TPSA) is 84.5 Å². The maximum absolute atomic E-state index is 12.9. The lowest BCUT2D eigenvalue weighted by atomic mass is 10.0. The Morgan fingerprint density at radius 2 is 1.88 bits per heavy atom. The van der Waals surface area contributed by atoms with Crippen molar-refractivity contribution < 1.29 is 18.0 Å². The van der Waals surface area contributed by atoms with E-state index in [1.54, 1.807) is 11.0 Å². The van der Waals surface area contributed by atoms with Gasteiger partial charge in [-0.05, 0) is 42.5 Å². The molecule has 1 aromatic carbocycles. The first-order valence-electron chi connectivity index (χ1n) is 11.7. The molecule has 0 spiro atoms. The first-order valence-corrected chi connectivity index (χ1v) is 13.7. The van der Waals surface area contributed by atoms with Crippen molar-refractivity contribution >= 4 is 33.4 Å². The molecule has 0 atom stereocenters. The predicted molar refractivity (Wildman–Crippen MR) is 128 cm³/mol. The van der Waals surface area contributed by atoms with Crippen LogP contribution in [-0.4, -0.2) is 96.0 Å². The number of sulfonamides is 1. The van der Waals surface area contributed by atoms with Crippen LogP contribution in [0, 0.1) is 0 Å². The number of carbonyl (C=O) groups excluding carboxylic acids is 2. The van der Waals surface area contributed by atoms with Gasteiger partial charge in [0.15, 0.2) is 0 Å².